The fourth-order valence-corrected chi connectivity index (χ4v) is 3.99. The van der Waals surface area contributed by atoms with Crippen LogP contribution in [-0.4, -0.2) is 14.5 Å². The van der Waals surface area contributed by atoms with E-state index in [0.29, 0.717) is 0 Å². The van der Waals surface area contributed by atoms with E-state index < -0.39 is 0 Å². The number of hydrogen-bond donors (Lipinski definition) is 1. The van der Waals surface area contributed by atoms with Crippen molar-refractivity contribution in [3.8, 4) is 0 Å². The first-order valence-corrected chi connectivity index (χ1v) is 7.75. The standard InChI is InChI=1S/C12H9BrN2OS2/c13-8-2-1-3-9(6-8)18-11-10(7-16)15-4-5-17-12(15)14-11/h1-6,16H,7H2. The molecule has 0 saturated heterocycles. The van der Waals surface area contributed by atoms with E-state index in [1.54, 1.807) is 23.1 Å². The van der Waals surface area contributed by atoms with Crippen molar-refractivity contribution in [2.75, 3.05) is 0 Å². The second-order valence-electron chi connectivity index (χ2n) is 3.64. The number of rotatable bonds is 3. The van der Waals surface area contributed by atoms with Gasteiger partial charge < -0.3 is 5.11 Å². The Kier molecular flexibility index (Phi) is 3.43. The van der Waals surface area contributed by atoms with Crippen LogP contribution in [0.3, 0.4) is 0 Å². The molecule has 2 aromatic heterocycles. The SMILES string of the molecule is OCc1c(Sc2cccc(Br)c2)nc2sccn12. The summed E-state index contributed by atoms with van der Waals surface area (Å²) in [4.78, 5) is 6.55. The number of aliphatic hydroxyl groups excluding tert-OH is 1. The second kappa shape index (κ2) is 5.05. The van der Waals surface area contributed by atoms with E-state index in [0.717, 1.165) is 25.0 Å². The van der Waals surface area contributed by atoms with Gasteiger partial charge in [0.25, 0.3) is 0 Å². The molecule has 0 radical (unpaired) electrons. The highest BCUT2D eigenvalue weighted by Gasteiger charge is 2.13. The van der Waals surface area contributed by atoms with Crippen molar-refractivity contribution in [1.29, 1.82) is 0 Å². The Morgan fingerprint density at radius 1 is 1.44 bits per heavy atom. The number of benzene rings is 1. The van der Waals surface area contributed by atoms with Crippen molar-refractivity contribution in [2.24, 2.45) is 0 Å². The number of fused-ring (bicyclic) bond motifs is 1. The number of nitrogens with zero attached hydrogens (tertiary/aromatic N) is 2. The Morgan fingerprint density at radius 2 is 2.33 bits per heavy atom. The molecule has 0 amide bonds. The number of hydrogen-bond acceptors (Lipinski definition) is 4. The van der Waals surface area contributed by atoms with Crippen LogP contribution < -0.4 is 0 Å². The molecule has 0 atom stereocenters. The average molecular weight is 341 g/mol. The van der Waals surface area contributed by atoms with E-state index in [1.165, 1.54) is 0 Å². The third-order valence-electron chi connectivity index (χ3n) is 2.48. The van der Waals surface area contributed by atoms with E-state index >= 15 is 0 Å². The summed E-state index contributed by atoms with van der Waals surface area (Å²) in [5.74, 6) is 0. The van der Waals surface area contributed by atoms with Crippen LogP contribution in [0.2, 0.25) is 0 Å². The van der Waals surface area contributed by atoms with Crippen LogP contribution >= 0.6 is 39.0 Å². The molecule has 0 spiro atoms. The number of aromatic nitrogens is 2. The molecular formula is C12H9BrN2OS2. The van der Waals surface area contributed by atoms with Gasteiger partial charge >= 0.3 is 0 Å². The lowest BCUT2D eigenvalue weighted by atomic mass is 10.4. The van der Waals surface area contributed by atoms with Crippen molar-refractivity contribution in [2.45, 2.75) is 16.5 Å². The van der Waals surface area contributed by atoms with Crippen molar-refractivity contribution in [3.05, 3.63) is 46.0 Å². The van der Waals surface area contributed by atoms with E-state index in [9.17, 15) is 5.11 Å². The molecule has 2 heterocycles. The zero-order chi connectivity index (χ0) is 12.5. The minimum atomic E-state index is -0.00572. The summed E-state index contributed by atoms with van der Waals surface area (Å²) in [5.41, 5.74) is 0.844. The molecule has 6 heteroatoms. The highest BCUT2D eigenvalue weighted by atomic mass is 79.9. The molecule has 0 unspecified atom stereocenters. The molecule has 0 aliphatic heterocycles. The van der Waals surface area contributed by atoms with Gasteiger partial charge in [-0.25, -0.2) is 4.98 Å². The van der Waals surface area contributed by atoms with Crippen LogP contribution in [0.5, 0.6) is 0 Å². The van der Waals surface area contributed by atoms with Crippen LogP contribution in [0.1, 0.15) is 5.69 Å². The van der Waals surface area contributed by atoms with Crippen LogP contribution in [0.25, 0.3) is 4.96 Å². The van der Waals surface area contributed by atoms with Gasteiger partial charge in [0.2, 0.25) is 0 Å². The smallest absolute Gasteiger partial charge is 0.195 e. The molecule has 3 aromatic rings. The quantitative estimate of drug-likeness (QED) is 0.787. The zero-order valence-electron chi connectivity index (χ0n) is 9.21. The number of aliphatic hydroxyl groups is 1. The summed E-state index contributed by atoms with van der Waals surface area (Å²) >= 11 is 6.59. The van der Waals surface area contributed by atoms with Gasteiger partial charge in [0.15, 0.2) is 4.96 Å². The summed E-state index contributed by atoms with van der Waals surface area (Å²) < 4.78 is 2.98. The van der Waals surface area contributed by atoms with E-state index in [4.69, 9.17) is 0 Å². The lowest BCUT2D eigenvalue weighted by molar-refractivity contribution is 0.272. The highest BCUT2D eigenvalue weighted by Crippen LogP contribution is 2.32. The molecule has 0 aliphatic rings. The Hall–Kier alpha value is -0.820. The molecule has 92 valence electrons. The number of thiazole rings is 1. The normalized spacial score (nSPS) is 11.2. The summed E-state index contributed by atoms with van der Waals surface area (Å²) in [6.07, 6.45) is 1.93. The third-order valence-corrected chi connectivity index (χ3v) is 4.74. The van der Waals surface area contributed by atoms with Crippen LogP contribution in [-0.2, 0) is 6.61 Å². The van der Waals surface area contributed by atoms with E-state index in [2.05, 4.69) is 20.9 Å². The number of imidazole rings is 1. The first-order chi connectivity index (χ1) is 8.78. The minimum Gasteiger partial charge on any atom is -0.390 e. The van der Waals surface area contributed by atoms with Gasteiger partial charge in [-0.1, -0.05) is 33.8 Å². The highest BCUT2D eigenvalue weighted by molar-refractivity contribution is 9.10. The monoisotopic (exact) mass is 340 g/mol. The third kappa shape index (κ3) is 2.21. The lowest BCUT2D eigenvalue weighted by Gasteiger charge is -2.01. The molecule has 0 bridgehead atoms. The first-order valence-electron chi connectivity index (χ1n) is 5.26. The maximum absolute atomic E-state index is 9.48. The molecule has 18 heavy (non-hydrogen) atoms. The molecular weight excluding hydrogens is 332 g/mol. The van der Waals surface area contributed by atoms with Crippen molar-refractivity contribution in [3.63, 3.8) is 0 Å². The maximum Gasteiger partial charge on any atom is 0.195 e. The van der Waals surface area contributed by atoms with Crippen molar-refractivity contribution >= 4 is 44.0 Å². The minimum absolute atomic E-state index is 0.00572. The Labute approximate surface area is 121 Å². The number of halogens is 1. The maximum atomic E-state index is 9.48. The van der Waals surface area contributed by atoms with Crippen LogP contribution in [0.15, 0.2) is 50.2 Å². The van der Waals surface area contributed by atoms with Gasteiger partial charge in [0, 0.05) is 20.9 Å². The van der Waals surface area contributed by atoms with Gasteiger partial charge in [0.1, 0.15) is 5.03 Å². The lowest BCUT2D eigenvalue weighted by Crippen LogP contribution is -1.90. The summed E-state index contributed by atoms with van der Waals surface area (Å²) in [6, 6.07) is 8.05. The summed E-state index contributed by atoms with van der Waals surface area (Å²) in [7, 11) is 0. The van der Waals surface area contributed by atoms with Crippen LogP contribution in [0, 0.1) is 0 Å². The van der Waals surface area contributed by atoms with E-state index in [-0.39, 0.29) is 6.61 Å². The first kappa shape index (κ1) is 12.2. The fraction of sp³-hybridized carbons (Fsp3) is 0.0833. The second-order valence-corrected chi connectivity index (χ2v) is 6.49. The predicted octanol–water partition coefficient (Wildman–Crippen LogP) is 3.80. The van der Waals surface area contributed by atoms with Crippen molar-refractivity contribution < 1.29 is 5.11 Å². The Bertz CT molecular complexity index is 692. The van der Waals surface area contributed by atoms with Crippen molar-refractivity contribution in [1.82, 2.24) is 9.38 Å². The fourth-order valence-electron chi connectivity index (χ4n) is 1.68. The molecule has 0 saturated carbocycles. The molecule has 3 nitrogen and oxygen atoms in total. The molecule has 0 aliphatic carbocycles. The largest absolute Gasteiger partial charge is 0.390 e. The summed E-state index contributed by atoms with van der Waals surface area (Å²) in [5, 5.41) is 12.3. The molecule has 3 rings (SSSR count). The van der Waals surface area contributed by atoms with Gasteiger partial charge in [-0.05, 0) is 18.2 Å². The van der Waals surface area contributed by atoms with Gasteiger partial charge in [-0.3, -0.25) is 4.40 Å². The predicted molar refractivity (Wildman–Crippen MR) is 77.3 cm³/mol. The van der Waals surface area contributed by atoms with E-state index in [1.807, 2.05) is 40.2 Å². The summed E-state index contributed by atoms with van der Waals surface area (Å²) in [6.45, 7) is -0.00572. The van der Waals surface area contributed by atoms with Gasteiger partial charge in [-0.15, -0.1) is 11.3 Å². The average Bonchev–Trinajstić information content (AvgIpc) is 2.89. The Balaban J connectivity index is 2.01. The molecule has 1 N–H and O–H groups in total. The Morgan fingerprint density at radius 3 is 3.11 bits per heavy atom. The topological polar surface area (TPSA) is 37.5 Å². The zero-order valence-corrected chi connectivity index (χ0v) is 12.4. The molecule has 1 aromatic carbocycles. The molecule has 0 fully saturated rings. The van der Waals surface area contributed by atoms with Gasteiger partial charge in [-0.2, -0.15) is 0 Å². The van der Waals surface area contributed by atoms with Crippen LogP contribution in [0.4, 0.5) is 0 Å². The van der Waals surface area contributed by atoms with Gasteiger partial charge in [0.05, 0.1) is 12.3 Å².